The van der Waals surface area contributed by atoms with E-state index in [0.717, 1.165) is 24.7 Å². The van der Waals surface area contributed by atoms with Gasteiger partial charge in [0.15, 0.2) is 0 Å². The zero-order chi connectivity index (χ0) is 11.5. The van der Waals surface area contributed by atoms with Crippen molar-refractivity contribution in [2.24, 2.45) is 5.92 Å². The van der Waals surface area contributed by atoms with Crippen LogP contribution >= 0.6 is 0 Å². The Morgan fingerprint density at radius 2 is 2.38 bits per heavy atom. The van der Waals surface area contributed by atoms with Gasteiger partial charge in [0.05, 0.1) is 11.3 Å². The van der Waals surface area contributed by atoms with Crippen molar-refractivity contribution in [1.82, 2.24) is 0 Å². The Morgan fingerprint density at radius 1 is 1.56 bits per heavy atom. The van der Waals surface area contributed by atoms with Gasteiger partial charge in [-0.15, -0.1) is 0 Å². The molecule has 1 unspecified atom stereocenters. The van der Waals surface area contributed by atoms with Gasteiger partial charge in [-0.2, -0.15) is 5.26 Å². The van der Waals surface area contributed by atoms with Crippen LogP contribution in [-0.2, 0) is 0 Å². The number of nitrogen functional groups attached to an aromatic ring is 1. The molecule has 1 saturated heterocycles. The van der Waals surface area contributed by atoms with E-state index in [1.807, 2.05) is 18.2 Å². The van der Waals surface area contributed by atoms with Crippen molar-refractivity contribution in [3.63, 3.8) is 0 Å². The van der Waals surface area contributed by atoms with E-state index in [-0.39, 0.29) is 0 Å². The summed E-state index contributed by atoms with van der Waals surface area (Å²) in [6.07, 6.45) is 2.50. The van der Waals surface area contributed by atoms with E-state index < -0.39 is 0 Å². The van der Waals surface area contributed by atoms with E-state index in [2.05, 4.69) is 17.9 Å². The highest BCUT2D eigenvalue weighted by Crippen LogP contribution is 2.27. The maximum absolute atomic E-state index is 8.81. The third kappa shape index (κ3) is 1.96. The van der Waals surface area contributed by atoms with E-state index in [0.29, 0.717) is 11.3 Å². The molecular formula is C13H17N3. The third-order valence-corrected chi connectivity index (χ3v) is 3.38. The van der Waals surface area contributed by atoms with Gasteiger partial charge in [0.2, 0.25) is 0 Å². The first-order valence-corrected chi connectivity index (χ1v) is 5.79. The first kappa shape index (κ1) is 10.8. The fourth-order valence-corrected chi connectivity index (χ4v) is 2.25. The molecule has 0 saturated carbocycles. The van der Waals surface area contributed by atoms with Crippen LogP contribution in [0.25, 0.3) is 0 Å². The molecule has 1 aliphatic heterocycles. The van der Waals surface area contributed by atoms with Gasteiger partial charge in [0.1, 0.15) is 6.07 Å². The largest absolute Gasteiger partial charge is 0.398 e. The molecule has 0 aliphatic carbocycles. The average molecular weight is 215 g/mol. The molecule has 0 spiro atoms. The molecule has 1 aliphatic rings. The zero-order valence-electron chi connectivity index (χ0n) is 9.61. The van der Waals surface area contributed by atoms with E-state index >= 15 is 0 Å². The number of anilines is 2. The molecule has 1 heterocycles. The summed E-state index contributed by atoms with van der Waals surface area (Å²) in [4.78, 5) is 2.35. The van der Waals surface area contributed by atoms with Gasteiger partial charge in [-0.05, 0) is 30.5 Å². The third-order valence-electron chi connectivity index (χ3n) is 3.38. The summed E-state index contributed by atoms with van der Waals surface area (Å²) in [6, 6.07) is 7.81. The zero-order valence-corrected chi connectivity index (χ0v) is 9.61. The number of nitrogens with two attached hydrogens (primary N) is 1. The summed E-state index contributed by atoms with van der Waals surface area (Å²) >= 11 is 0. The predicted octanol–water partition coefficient (Wildman–Crippen LogP) is 2.38. The molecule has 3 nitrogen and oxygen atoms in total. The lowest BCUT2D eigenvalue weighted by atomic mass is 10.1. The van der Waals surface area contributed by atoms with Crippen LogP contribution in [0.5, 0.6) is 0 Å². The monoisotopic (exact) mass is 215 g/mol. The van der Waals surface area contributed by atoms with E-state index in [4.69, 9.17) is 11.0 Å². The van der Waals surface area contributed by atoms with Crippen LogP contribution in [0.2, 0.25) is 0 Å². The molecule has 0 amide bonds. The highest BCUT2D eigenvalue weighted by atomic mass is 15.1. The van der Waals surface area contributed by atoms with Crippen molar-refractivity contribution < 1.29 is 0 Å². The Hall–Kier alpha value is -1.69. The Kier molecular flexibility index (Phi) is 3.00. The van der Waals surface area contributed by atoms with Crippen LogP contribution < -0.4 is 10.6 Å². The van der Waals surface area contributed by atoms with Crippen molar-refractivity contribution in [3.05, 3.63) is 23.8 Å². The lowest BCUT2D eigenvalue weighted by Gasteiger charge is -2.19. The van der Waals surface area contributed by atoms with Gasteiger partial charge < -0.3 is 10.6 Å². The minimum atomic E-state index is 0.565. The molecule has 0 aromatic heterocycles. The summed E-state index contributed by atoms with van der Waals surface area (Å²) in [5.41, 5.74) is 8.11. The average Bonchev–Trinajstić information content (AvgIpc) is 2.77. The number of nitriles is 1. The van der Waals surface area contributed by atoms with Crippen molar-refractivity contribution in [1.29, 1.82) is 5.26 Å². The molecule has 2 N–H and O–H groups in total. The van der Waals surface area contributed by atoms with Gasteiger partial charge in [0, 0.05) is 18.8 Å². The second-order valence-electron chi connectivity index (χ2n) is 4.39. The predicted molar refractivity (Wildman–Crippen MR) is 66.2 cm³/mol. The lowest BCUT2D eigenvalue weighted by Crippen LogP contribution is -2.19. The summed E-state index contributed by atoms with van der Waals surface area (Å²) in [5.74, 6) is 0.803. The molecule has 16 heavy (non-hydrogen) atoms. The van der Waals surface area contributed by atoms with Crippen LogP contribution in [-0.4, -0.2) is 13.1 Å². The van der Waals surface area contributed by atoms with Crippen LogP contribution in [0.3, 0.4) is 0 Å². The van der Waals surface area contributed by atoms with Crippen molar-refractivity contribution >= 4 is 11.4 Å². The van der Waals surface area contributed by atoms with Crippen LogP contribution in [0.15, 0.2) is 18.2 Å². The Morgan fingerprint density at radius 3 is 2.94 bits per heavy atom. The van der Waals surface area contributed by atoms with Crippen molar-refractivity contribution in [2.75, 3.05) is 23.7 Å². The second-order valence-corrected chi connectivity index (χ2v) is 4.39. The molecule has 1 fully saturated rings. The maximum Gasteiger partial charge on any atom is 0.101 e. The maximum atomic E-state index is 8.81. The molecule has 2 rings (SSSR count). The minimum Gasteiger partial charge on any atom is -0.398 e. The number of benzene rings is 1. The van der Waals surface area contributed by atoms with E-state index in [1.165, 1.54) is 12.8 Å². The Balaban J connectivity index is 2.17. The molecule has 1 atom stereocenters. The van der Waals surface area contributed by atoms with Gasteiger partial charge >= 0.3 is 0 Å². The SMILES string of the molecule is CCC1CCN(c2ccc(C#N)c(N)c2)C1. The molecule has 84 valence electrons. The van der Waals surface area contributed by atoms with Gasteiger partial charge in [-0.1, -0.05) is 13.3 Å². The molecule has 3 heteroatoms. The summed E-state index contributed by atoms with van der Waals surface area (Å²) in [7, 11) is 0. The molecule has 0 radical (unpaired) electrons. The van der Waals surface area contributed by atoms with Gasteiger partial charge in [-0.25, -0.2) is 0 Å². The Bertz CT molecular complexity index is 420. The number of nitrogens with zero attached hydrogens (tertiary/aromatic N) is 2. The smallest absolute Gasteiger partial charge is 0.101 e. The second kappa shape index (κ2) is 4.44. The van der Waals surface area contributed by atoms with Crippen molar-refractivity contribution in [3.8, 4) is 6.07 Å². The van der Waals surface area contributed by atoms with Crippen LogP contribution in [0.4, 0.5) is 11.4 Å². The normalized spacial score (nSPS) is 19.8. The molecule has 0 bridgehead atoms. The van der Waals surface area contributed by atoms with Gasteiger partial charge in [0.25, 0.3) is 0 Å². The fraction of sp³-hybridized carbons (Fsp3) is 0.462. The fourth-order valence-electron chi connectivity index (χ4n) is 2.25. The highest BCUT2D eigenvalue weighted by molar-refractivity contribution is 5.63. The van der Waals surface area contributed by atoms with Crippen LogP contribution in [0, 0.1) is 17.2 Å². The quantitative estimate of drug-likeness (QED) is 0.770. The topological polar surface area (TPSA) is 53.0 Å². The van der Waals surface area contributed by atoms with Gasteiger partial charge in [-0.3, -0.25) is 0 Å². The number of hydrogen-bond acceptors (Lipinski definition) is 3. The summed E-state index contributed by atoms with van der Waals surface area (Å²) in [5, 5.41) is 8.81. The Labute approximate surface area is 96.5 Å². The molecule has 1 aromatic carbocycles. The highest BCUT2D eigenvalue weighted by Gasteiger charge is 2.21. The number of rotatable bonds is 2. The molecular weight excluding hydrogens is 198 g/mol. The minimum absolute atomic E-state index is 0.565. The van der Waals surface area contributed by atoms with Crippen LogP contribution in [0.1, 0.15) is 25.3 Å². The number of hydrogen-bond donors (Lipinski definition) is 1. The summed E-state index contributed by atoms with van der Waals surface area (Å²) in [6.45, 7) is 4.45. The molecule has 1 aromatic rings. The summed E-state index contributed by atoms with van der Waals surface area (Å²) < 4.78 is 0. The lowest BCUT2D eigenvalue weighted by molar-refractivity contribution is 0.569. The first-order valence-electron chi connectivity index (χ1n) is 5.79. The van der Waals surface area contributed by atoms with E-state index in [9.17, 15) is 0 Å². The van der Waals surface area contributed by atoms with E-state index in [1.54, 1.807) is 0 Å². The standard InChI is InChI=1S/C13H17N3/c1-2-10-5-6-16(9-10)12-4-3-11(8-14)13(15)7-12/h3-4,7,10H,2,5-6,9,15H2,1H3. The van der Waals surface area contributed by atoms with Crippen molar-refractivity contribution in [2.45, 2.75) is 19.8 Å². The first-order chi connectivity index (χ1) is 7.74.